The Bertz CT molecular complexity index is 4260. The van der Waals surface area contributed by atoms with Crippen LogP contribution in [-0.2, 0) is 5.41 Å². The van der Waals surface area contributed by atoms with E-state index in [1.165, 1.54) is 105 Å². The molecule has 15 rings (SSSR count). The van der Waals surface area contributed by atoms with E-state index in [9.17, 15) is 0 Å². The van der Waals surface area contributed by atoms with E-state index in [4.69, 9.17) is 0 Å². The van der Waals surface area contributed by atoms with Crippen LogP contribution in [0, 0.1) is 0 Å². The van der Waals surface area contributed by atoms with Crippen molar-refractivity contribution in [3.63, 3.8) is 0 Å². The molecule has 1 aromatic heterocycles. The van der Waals surface area contributed by atoms with Gasteiger partial charge in [-0.2, -0.15) is 0 Å². The maximum atomic E-state index is 2.49. The van der Waals surface area contributed by atoms with Crippen LogP contribution >= 0.6 is 0 Å². The molecule has 2 aliphatic carbocycles. The summed E-state index contributed by atoms with van der Waals surface area (Å²) >= 11 is 0. The molecule has 0 saturated heterocycles. The van der Waals surface area contributed by atoms with Crippen molar-refractivity contribution < 1.29 is 0 Å². The Morgan fingerprint density at radius 1 is 0.260 bits per heavy atom. The molecule has 0 N–H and O–H groups in total. The molecule has 0 saturated carbocycles. The molecule has 1 heterocycles. The van der Waals surface area contributed by atoms with E-state index in [1.54, 1.807) is 0 Å². The van der Waals surface area contributed by atoms with E-state index in [0.29, 0.717) is 0 Å². The van der Waals surface area contributed by atoms with Crippen LogP contribution in [-0.4, -0.2) is 4.57 Å². The van der Waals surface area contributed by atoms with Gasteiger partial charge in [0.2, 0.25) is 0 Å². The third-order valence-electron chi connectivity index (χ3n) is 15.8. The lowest BCUT2D eigenvalue weighted by molar-refractivity contribution is 0.793. The van der Waals surface area contributed by atoms with Gasteiger partial charge in [-0.1, -0.05) is 218 Å². The maximum Gasteiger partial charge on any atom is 0.0726 e. The third kappa shape index (κ3) is 6.24. The van der Waals surface area contributed by atoms with Gasteiger partial charge >= 0.3 is 0 Å². The first-order valence-corrected chi connectivity index (χ1v) is 25.3. The topological polar surface area (TPSA) is 8.17 Å². The zero-order valence-electron chi connectivity index (χ0n) is 40.0. The summed E-state index contributed by atoms with van der Waals surface area (Å²) in [6, 6.07) is 103. The second-order valence-corrected chi connectivity index (χ2v) is 19.6. The Labute approximate surface area is 425 Å². The molecule has 0 aliphatic heterocycles. The van der Waals surface area contributed by atoms with Crippen LogP contribution in [0.15, 0.2) is 279 Å². The minimum atomic E-state index is -0.452. The van der Waals surface area contributed by atoms with Crippen LogP contribution in [0.5, 0.6) is 0 Å². The monoisotopic (exact) mass is 926 g/mol. The van der Waals surface area contributed by atoms with Crippen LogP contribution in [0.4, 0.5) is 17.1 Å². The van der Waals surface area contributed by atoms with Gasteiger partial charge in [0.25, 0.3) is 0 Å². The maximum absolute atomic E-state index is 2.49. The molecule has 1 spiro atoms. The van der Waals surface area contributed by atoms with Crippen molar-refractivity contribution >= 4 is 49.6 Å². The average Bonchev–Trinajstić information content (AvgIpc) is 4.08. The molecule has 2 heteroatoms. The van der Waals surface area contributed by atoms with Gasteiger partial charge in [0, 0.05) is 33.2 Å². The van der Waals surface area contributed by atoms with Crippen molar-refractivity contribution in [1.29, 1.82) is 0 Å². The first-order chi connectivity index (χ1) is 36.2. The number of nitrogens with zero attached hydrogens (tertiary/aromatic N) is 2. The zero-order chi connectivity index (χ0) is 48.0. The number of hydrogen-bond donors (Lipinski definition) is 0. The van der Waals surface area contributed by atoms with Crippen LogP contribution in [0.1, 0.15) is 22.3 Å². The lowest BCUT2D eigenvalue weighted by Crippen LogP contribution is -2.26. The summed E-state index contributed by atoms with van der Waals surface area (Å²) in [4.78, 5) is 2.45. The summed E-state index contributed by atoms with van der Waals surface area (Å²) in [5.41, 5.74) is 24.0. The molecular formula is C71H46N2. The molecule has 340 valence electrons. The molecule has 2 aliphatic rings. The van der Waals surface area contributed by atoms with E-state index in [1.807, 2.05) is 0 Å². The van der Waals surface area contributed by atoms with Crippen molar-refractivity contribution in [1.82, 2.24) is 4.57 Å². The molecule has 12 aromatic carbocycles. The second kappa shape index (κ2) is 16.3. The first kappa shape index (κ1) is 41.3. The largest absolute Gasteiger partial charge is 0.310 e. The van der Waals surface area contributed by atoms with E-state index >= 15 is 0 Å². The molecule has 2 nitrogen and oxygen atoms in total. The smallest absolute Gasteiger partial charge is 0.0726 e. The number of anilines is 3. The van der Waals surface area contributed by atoms with Gasteiger partial charge in [0.05, 0.1) is 22.1 Å². The van der Waals surface area contributed by atoms with Gasteiger partial charge in [-0.05, 0) is 144 Å². The fourth-order valence-electron chi connectivity index (χ4n) is 12.6. The Hall–Kier alpha value is -9.50. The van der Waals surface area contributed by atoms with Crippen molar-refractivity contribution in [2.24, 2.45) is 0 Å². The van der Waals surface area contributed by atoms with E-state index in [0.717, 1.165) is 28.2 Å². The van der Waals surface area contributed by atoms with Gasteiger partial charge in [-0.3, -0.25) is 0 Å². The molecule has 0 bridgehead atoms. The average molecular weight is 927 g/mol. The van der Waals surface area contributed by atoms with Crippen molar-refractivity contribution in [2.45, 2.75) is 5.41 Å². The van der Waals surface area contributed by atoms with Crippen molar-refractivity contribution in [3.05, 3.63) is 301 Å². The van der Waals surface area contributed by atoms with Gasteiger partial charge in [-0.15, -0.1) is 0 Å². The summed E-state index contributed by atoms with van der Waals surface area (Å²) in [6.45, 7) is 0. The Morgan fingerprint density at radius 3 is 1.47 bits per heavy atom. The van der Waals surface area contributed by atoms with Gasteiger partial charge in [0.1, 0.15) is 0 Å². The molecule has 0 amide bonds. The summed E-state index contributed by atoms with van der Waals surface area (Å²) < 4.78 is 2.45. The number of para-hydroxylation sites is 1. The van der Waals surface area contributed by atoms with Crippen LogP contribution in [0.3, 0.4) is 0 Å². The zero-order valence-corrected chi connectivity index (χ0v) is 40.0. The fourth-order valence-corrected chi connectivity index (χ4v) is 12.6. The Kier molecular flexibility index (Phi) is 9.21. The highest BCUT2D eigenvalue weighted by atomic mass is 15.1. The van der Waals surface area contributed by atoms with Crippen LogP contribution in [0.25, 0.3) is 93.9 Å². The second-order valence-electron chi connectivity index (χ2n) is 19.6. The number of rotatable bonds is 7. The van der Waals surface area contributed by atoms with Crippen LogP contribution in [0.2, 0.25) is 0 Å². The highest BCUT2D eigenvalue weighted by Gasteiger charge is 2.51. The molecule has 0 fully saturated rings. The SMILES string of the molecule is c1ccc(-c2ccc(N(c3cccc(-c4cccc(-c5ccc6c7ccccc7n(-c7cccc8ccccc78)c6c5)c4)c3)c3ccc4c(c3)C3(c5ccccc5-c5ccccc53)c3ccccc3-4)cc2)cc1. The van der Waals surface area contributed by atoms with Gasteiger partial charge in [0.15, 0.2) is 0 Å². The summed E-state index contributed by atoms with van der Waals surface area (Å²) in [5, 5.41) is 4.97. The predicted octanol–water partition coefficient (Wildman–Crippen LogP) is 18.8. The Balaban J connectivity index is 0.878. The molecule has 0 radical (unpaired) electrons. The van der Waals surface area contributed by atoms with E-state index in [-0.39, 0.29) is 0 Å². The standard InChI is InChI=1S/C71H46N2/c1-2-17-47(18-3-1)48-35-38-54(39-36-48)72(56-40-42-61-60-28-8-12-32-66(60)71(67(61)46-56)64-30-10-6-26-58(64)59-27-7-11-31-65(59)71)55-24-15-23-52(44-55)50-21-14-22-51(43-50)53-37-41-63-62-29-9-13-33-69(62)73(70(63)45-53)68-34-16-20-49-19-4-5-25-57(49)68/h1-46H. The van der Waals surface area contributed by atoms with Gasteiger partial charge < -0.3 is 9.47 Å². The van der Waals surface area contributed by atoms with E-state index < -0.39 is 5.41 Å². The third-order valence-corrected chi connectivity index (χ3v) is 15.8. The molecular weight excluding hydrogens is 881 g/mol. The lowest BCUT2D eigenvalue weighted by Gasteiger charge is -2.32. The Morgan fingerprint density at radius 2 is 0.740 bits per heavy atom. The number of hydrogen-bond acceptors (Lipinski definition) is 1. The summed E-state index contributed by atoms with van der Waals surface area (Å²) in [6.07, 6.45) is 0. The highest BCUT2D eigenvalue weighted by molar-refractivity contribution is 6.11. The highest BCUT2D eigenvalue weighted by Crippen LogP contribution is 2.63. The van der Waals surface area contributed by atoms with Crippen molar-refractivity contribution in [3.8, 4) is 61.3 Å². The van der Waals surface area contributed by atoms with Crippen LogP contribution < -0.4 is 4.90 Å². The van der Waals surface area contributed by atoms with Gasteiger partial charge in [-0.25, -0.2) is 0 Å². The molecule has 0 unspecified atom stereocenters. The summed E-state index contributed by atoms with van der Waals surface area (Å²) in [5.74, 6) is 0. The molecule has 13 aromatic rings. The normalized spacial score (nSPS) is 12.8. The molecule has 73 heavy (non-hydrogen) atoms. The quantitative estimate of drug-likeness (QED) is 0.155. The number of aromatic nitrogens is 1. The lowest BCUT2D eigenvalue weighted by atomic mass is 9.70. The van der Waals surface area contributed by atoms with Crippen molar-refractivity contribution in [2.75, 3.05) is 4.90 Å². The minimum Gasteiger partial charge on any atom is -0.310 e. The minimum absolute atomic E-state index is 0.452. The predicted molar refractivity (Wildman–Crippen MR) is 306 cm³/mol. The molecule has 0 atom stereocenters. The fraction of sp³-hybridized carbons (Fsp3) is 0.0141. The van der Waals surface area contributed by atoms with E-state index in [2.05, 4.69) is 289 Å². The number of benzene rings is 12. The summed E-state index contributed by atoms with van der Waals surface area (Å²) in [7, 11) is 0. The number of fused-ring (bicyclic) bond motifs is 14. The first-order valence-electron chi connectivity index (χ1n) is 25.3.